The lowest BCUT2D eigenvalue weighted by Gasteiger charge is -2.22. The largest absolute Gasteiger partial charge is 0.478 e. The zero-order chi connectivity index (χ0) is 23.9. The molecule has 0 saturated heterocycles. The number of benzene rings is 2. The molecule has 1 aromatic heterocycles. The van der Waals surface area contributed by atoms with Gasteiger partial charge in [0.15, 0.2) is 0 Å². The van der Waals surface area contributed by atoms with Gasteiger partial charge < -0.3 is 5.11 Å². The van der Waals surface area contributed by atoms with Crippen LogP contribution in [0.25, 0.3) is 11.3 Å². The van der Waals surface area contributed by atoms with Crippen molar-refractivity contribution < 1.29 is 9.90 Å². The molecule has 3 aromatic rings. The lowest BCUT2D eigenvalue weighted by atomic mass is 9.84. The monoisotopic (exact) mass is 471 g/mol. The molecule has 0 aliphatic carbocycles. The van der Waals surface area contributed by atoms with Gasteiger partial charge in [0.05, 0.1) is 11.3 Å². The summed E-state index contributed by atoms with van der Waals surface area (Å²) in [6, 6.07) is 14.7. The molecule has 5 nitrogen and oxygen atoms in total. The van der Waals surface area contributed by atoms with E-state index in [1.807, 2.05) is 13.2 Å². The average molecular weight is 472 g/mol. The number of hydrogen-bond donors (Lipinski definition) is 2. The van der Waals surface area contributed by atoms with E-state index in [0.29, 0.717) is 16.7 Å². The average Bonchev–Trinajstić information content (AvgIpc) is 2.71. The van der Waals surface area contributed by atoms with E-state index in [9.17, 15) is 4.79 Å². The van der Waals surface area contributed by atoms with Gasteiger partial charge in [0, 0.05) is 17.4 Å². The number of halogens is 1. The van der Waals surface area contributed by atoms with Crippen LogP contribution in [0.1, 0.15) is 47.8 Å². The maximum Gasteiger partial charge on any atom is 0.335 e. The van der Waals surface area contributed by atoms with Crippen LogP contribution in [0.15, 0.2) is 48.5 Å². The third-order valence-corrected chi connectivity index (χ3v) is 5.37. The zero-order valence-corrected chi connectivity index (χ0v) is 20.9. The maximum atomic E-state index is 10.2. The van der Waals surface area contributed by atoms with Crippen molar-refractivity contribution in [2.75, 3.05) is 11.0 Å². The molecular weight excluding hydrogens is 442 g/mol. The van der Waals surface area contributed by atoms with Gasteiger partial charge in [-0.2, -0.15) is 0 Å². The molecule has 0 spiro atoms. The minimum absolute atomic E-state index is 0.202. The SMILES string of the molecule is CSNc1nc(Cl)c(C)c(-c2c(C)cccc2CC(C)(C)C)n1.O=C(O)c1ccccc1. The fraction of sp³-hybridized carbons (Fsp3) is 0.320. The fourth-order valence-corrected chi connectivity index (χ4v) is 3.68. The second-order valence-electron chi connectivity index (χ2n) is 8.64. The van der Waals surface area contributed by atoms with Crippen LogP contribution in [0.4, 0.5) is 5.95 Å². The summed E-state index contributed by atoms with van der Waals surface area (Å²) in [7, 11) is 0. The molecule has 0 bridgehead atoms. The van der Waals surface area contributed by atoms with Crippen molar-refractivity contribution in [1.29, 1.82) is 0 Å². The molecule has 2 N–H and O–H groups in total. The van der Waals surface area contributed by atoms with Crippen molar-refractivity contribution in [3.8, 4) is 11.3 Å². The highest BCUT2D eigenvalue weighted by Crippen LogP contribution is 2.35. The predicted molar refractivity (Wildman–Crippen MR) is 136 cm³/mol. The number of nitrogens with zero attached hydrogens (tertiary/aromatic N) is 2. The Morgan fingerprint density at radius 2 is 1.72 bits per heavy atom. The van der Waals surface area contributed by atoms with E-state index in [-0.39, 0.29) is 5.41 Å². The molecule has 170 valence electrons. The highest BCUT2D eigenvalue weighted by Gasteiger charge is 2.20. The van der Waals surface area contributed by atoms with Gasteiger partial charge in [-0.05, 0) is 48.9 Å². The van der Waals surface area contributed by atoms with Gasteiger partial charge in [0.1, 0.15) is 5.15 Å². The van der Waals surface area contributed by atoms with E-state index in [0.717, 1.165) is 17.7 Å². The molecular formula is C25H30ClN3O2S. The summed E-state index contributed by atoms with van der Waals surface area (Å²) in [6.07, 6.45) is 2.92. The number of carboxylic acids is 1. The molecule has 1 heterocycles. The fourth-order valence-electron chi connectivity index (χ4n) is 3.24. The molecule has 2 aromatic carbocycles. The minimum Gasteiger partial charge on any atom is -0.478 e. The van der Waals surface area contributed by atoms with Gasteiger partial charge in [-0.15, -0.1) is 0 Å². The van der Waals surface area contributed by atoms with Crippen molar-refractivity contribution in [2.45, 2.75) is 41.0 Å². The van der Waals surface area contributed by atoms with Crippen molar-refractivity contribution >= 4 is 35.5 Å². The first kappa shape index (κ1) is 25.7. The number of aromatic carboxylic acids is 1. The van der Waals surface area contributed by atoms with Crippen molar-refractivity contribution in [3.63, 3.8) is 0 Å². The number of carbonyl (C=O) groups is 1. The topological polar surface area (TPSA) is 75.1 Å². The number of rotatable bonds is 5. The van der Waals surface area contributed by atoms with Crippen LogP contribution in [0.5, 0.6) is 0 Å². The van der Waals surface area contributed by atoms with Crippen LogP contribution in [0.2, 0.25) is 5.15 Å². The summed E-state index contributed by atoms with van der Waals surface area (Å²) >= 11 is 7.80. The Hall–Kier alpha value is -2.57. The number of anilines is 1. The predicted octanol–water partition coefficient (Wildman–Crippen LogP) is 7.08. The normalized spacial score (nSPS) is 10.8. The van der Waals surface area contributed by atoms with E-state index in [1.54, 1.807) is 30.3 Å². The van der Waals surface area contributed by atoms with Crippen LogP contribution >= 0.6 is 23.5 Å². The second kappa shape index (κ2) is 11.3. The number of hydrogen-bond acceptors (Lipinski definition) is 5. The quantitative estimate of drug-likeness (QED) is 0.306. The maximum absolute atomic E-state index is 10.2. The van der Waals surface area contributed by atoms with Gasteiger partial charge in [0.25, 0.3) is 0 Å². The number of nitrogens with one attached hydrogen (secondary N) is 1. The lowest BCUT2D eigenvalue weighted by Crippen LogP contribution is -2.11. The highest BCUT2D eigenvalue weighted by molar-refractivity contribution is 7.99. The van der Waals surface area contributed by atoms with Crippen LogP contribution in [0.3, 0.4) is 0 Å². The first-order valence-corrected chi connectivity index (χ1v) is 11.8. The zero-order valence-electron chi connectivity index (χ0n) is 19.4. The molecule has 0 aliphatic rings. The Morgan fingerprint density at radius 1 is 1.06 bits per heavy atom. The van der Waals surface area contributed by atoms with Crippen LogP contribution in [0, 0.1) is 19.3 Å². The van der Waals surface area contributed by atoms with E-state index in [1.165, 1.54) is 28.6 Å². The lowest BCUT2D eigenvalue weighted by molar-refractivity contribution is 0.0697. The van der Waals surface area contributed by atoms with Crippen LogP contribution < -0.4 is 4.72 Å². The molecule has 3 rings (SSSR count). The standard InChI is InChI=1S/C18H24ClN3S.C7H6O2/c1-11-8-7-9-13(10-18(3,4)5)14(11)15-12(2)16(19)21-17(20-15)22-23-6;8-7(9)6-4-2-1-3-5-6/h7-9H,10H2,1-6H3,(H,20,21,22);1-5H,(H,8,9). The van der Waals surface area contributed by atoms with Gasteiger partial charge in [0.2, 0.25) is 5.95 Å². The van der Waals surface area contributed by atoms with Gasteiger partial charge in [-0.25, -0.2) is 14.8 Å². The Bertz CT molecular complexity index is 1070. The molecule has 32 heavy (non-hydrogen) atoms. The summed E-state index contributed by atoms with van der Waals surface area (Å²) in [5, 5.41) is 8.88. The summed E-state index contributed by atoms with van der Waals surface area (Å²) in [6.45, 7) is 10.9. The first-order chi connectivity index (χ1) is 15.0. The Morgan fingerprint density at radius 3 is 2.25 bits per heavy atom. The smallest absolute Gasteiger partial charge is 0.335 e. The van der Waals surface area contributed by atoms with Crippen LogP contribution in [-0.4, -0.2) is 27.3 Å². The number of aryl methyl sites for hydroxylation is 1. The number of carboxylic acid groups (broad SMARTS) is 1. The second-order valence-corrected chi connectivity index (χ2v) is 9.61. The Kier molecular flexibility index (Phi) is 9.10. The minimum atomic E-state index is -0.879. The summed E-state index contributed by atoms with van der Waals surface area (Å²) in [5.74, 6) is -0.330. The molecule has 0 radical (unpaired) electrons. The summed E-state index contributed by atoms with van der Waals surface area (Å²) < 4.78 is 3.08. The molecule has 0 amide bonds. The van der Waals surface area contributed by atoms with Gasteiger partial charge in [-0.1, -0.05) is 80.7 Å². The van der Waals surface area contributed by atoms with E-state index in [4.69, 9.17) is 21.7 Å². The van der Waals surface area contributed by atoms with Gasteiger partial charge >= 0.3 is 5.97 Å². The van der Waals surface area contributed by atoms with E-state index >= 15 is 0 Å². The summed E-state index contributed by atoms with van der Waals surface area (Å²) in [4.78, 5) is 19.2. The molecule has 0 atom stereocenters. The van der Waals surface area contributed by atoms with E-state index < -0.39 is 5.97 Å². The summed E-state index contributed by atoms with van der Waals surface area (Å²) in [5.41, 5.74) is 6.05. The van der Waals surface area contributed by atoms with E-state index in [2.05, 4.69) is 55.6 Å². The Labute approximate surface area is 199 Å². The first-order valence-electron chi connectivity index (χ1n) is 10.2. The Balaban J connectivity index is 0.000000336. The molecule has 7 heteroatoms. The third kappa shape index (κ3) is 7.24. The molecule has 0 aliphatic heterocycles. The number of aromatic nitrogens is 2. The van der Waals surface area contributed by atoms with Crippen molar-refractivity contribution in [1.82, 2.24) is 9.97 Å². The van der Waals surface area contributed by atoms with Crippen molar-refractivity contribution in [3.05, 3.63) is 75.9 Å². The third-order valence-electron chi connectivity index (χ3n) is 4.62. The molecule has 0 unspecified atom stereocenters. The highest BCUT2D eigenvalue weighted by atomic mass is 35.5. The van der Waals surface area contributed by atoms with Gasteiger partial charge in [-0.3, -0.25) is 4.72 Å². The molecule has 0 fully saturated rings. The molecule has 0 saturated carbocycles. The van der Waals surface area contributed by atoms with Crippen molar-refractivity contribution in [2.24, 2.45) is 5.41 Å². The van der Waals surface area contributed by atoms with Crippen LogP contribution in [-0.2, 0) is 6.42 Å².